The molecule has 1 saturated carbocycles. The van der Waals surface area contributed by atoms with E-state index in [2.05, 4.69) is 20.2 Å². The Morgan fingerprint density at radius 3 is 2.66 bits per heavy atom. The van der Waals surface area contributed by atoms with Gasteiger partial charge < -0.3 is 4.90 Å². The second-order valence-electron chi connectivity index (χ2n) is 8.69. The molecular formula is C23H22N6O3. The van der Waals surface area contributed by atoms with Gasteiger partial charge in [0.25, 0.3) is 5.91 Å². The van der Waals surface area contributed by atoms with Crippen molar-refractivity contribution in [1.29, 1.82) is 0 Å². The summed E-state index contributed by atoms with van der Waals surface area (Å²) in [4.78, 5) is 38.3. The molecule has 1 saturated heterocycles. The van der Waals surface area contributed by atoms with Crippen LogP contribution in [-0.2, 0) is 23.2 Å². The lowest BCUT2D eigenvalue weighted by molar-refractivity contribution is -0.136. The number of aromatic nitrogens is 4. The van der Waals surface area contributed by atoms with Gasteiger partial charge in [0.05, 0.1) is 23.6 Å². The topological polar surface area (TPSA) is 102 Å². The first-order valence-corrected chi connectivity index (χ1v) is 10.8. The second kappa shape index (κ2) is 6.88. The van der Waals surface area contributed by atoms with E-state index in [0.29, 0.717) is 24.6 Å². The van der Waals surface area contributed by atoms with Gasteiger partial charge in [-0.15, -0.1) is 0 Å². The Bertz CT molecular complexity index is 1280. The summed E-state index contributed by atoms with van der Waals surface area (Å²) < 4.78 is 3.93. The normalized spacial score (nSPS) is 20.6. The van der Waals surface area contributed by atoms with E-state index in [1.807, 2.05) is 48.4 Å². The largest absolute Gasteiger partial charge is 0.322 e. The summed E-state index contributed by atoms with van der Waals surface area (Å²) in [5, 5.41) is 11.4. The van der Waals surface area contributed by atoms with Crippen molar-refractivity contribution in [3.63, 3.8) is 0 Å². The van der Waals surface area contributed by atoms with E-state index in [4.69, 9.17) is 0 Å². The maximum absolute atomic E-state index is 13.0. The molecule has 0 bridgehead atoms. The fraction of sp³-hybridized carbons (Fsp3) is 0.348. The molecule has 2 aliphatic heterocycles. The molecule has 162 valence electrons. The fourth-order valence-corrected chi connectivity index (χ4v) is 4.81. The van der Waals surface area contributed by atoms with Crippen LogP contribution in [0.3, 0.4) is 0 Å². The summed E-state index contributed by atoms with van der Waals surface area (Å²) in [6.07, 6.45) is 6.54. The maximum atomic E-state index is 13.0. The average Bonchev–Trinajstić information content (AvgIpc) is 3.24. The van der Waals surface area contributed by atoms with E-state index < -0.39 is 11.9 Å². The van der Waals surface area contributed by atoms with E-state index in [-0.39, 0.29) is 18.2 Å². The zero-order valence-electron chi connectivity index (χ0n) is 17.6. The van der Waals surface area contributed by atoms with Crippen molar-refractivity contribution in [2.75, 3.05) is 0 Å². The number of imide groups is 1. The molecule has 4 heterocycles. The monoisotopic (exact) mass is 430 g/mol. The van der Waals surface area contributed by atoms with E-state index in [9.17, 15) is 14.4 Å². The molecule has 2 aromatic heterocycles. The molecule has 9 nitrogen and oxygen atoms in total. The Kier molecular flexibility index (Phi) is 4.08. The van der Waals surface area contributed by atoms with Crippen molar-refractivity contribution in [1.82, 2.24) is 29.8 Å². The van der Waals surface area contributed by atoms with Gasteiger partial charge in [-0.2, -0.15) is 10.2 Å². The van der Waals surface area contributed by atoms with E-state index >= 15 is 0 Å². The quantitative estimate of drug-likeness (QED) is 0.639. The van der Waals surface area contributed by atoms with Gasteiger partial charge in [-0.05, 0) is 48.6 Å². The van der Waals surface area contributed by atoms with Crippen LogP contribution in [0.4, 0.5) is 0 Å². The van der Waals surface area contributed by atoms with Gasteiger partial charge in [-0.25, -0.2) is 0 Å². The smallest absolute Gasteiger partial charge is 0.255 e. The van der Waals surface area contributed by atoms with Crippen molar-refractivity contribution < 1.29 is 14.4 Å². The van der Waals surface area contributed by atoms with Gasteiger partial charge in [-0.3, -0.25) is 29.1 Å². The Morgan fingerprint density at radius 2 is 1.88 bits per heavy atom. The molecule has 3 amide bonds. The third-order valence-electron chi connectivity index (χ3n) is 6.58. The molecule has 1 atom stereocenters. The summed E-state index contributed by atoms with van der Waals surface area (Å²) in [5.74, 6) is -0.850. The molecule has 1 N–H and O–H groups in total. The van der Waals surface area contributed by atoms with Gasteiger partial charge in [0.1, 0.15) is 6.04 Å². The summed E-state index contributed by atoms with van der Waals surface area (Å²) in [7, 11) is 1.92. The van der Waals surface area contributed by atoms with Crippen molar-refractivity contribution in [3.8, 4) is 22.5 Å². The molecular weight excluding hydrogens is 408 g/mol. The van der Waals surface area contributed by atoms with Crippen molar-refractivity contribution >= 4 is 17.7 Å². The Morgan fingerprint density at radius 1 is 1.03 bits per heavy atom. The predicted octanol–water partition coefficient (Wildman–Crippen LogP) is 2.05. The highest BCUT2D eigenvalue weighted by Gasteiger charge is 2.39. The number of nitrogens with one attached hydrogen (secondary N) is 1. The number of carbonyl (C=O) groups is 3. The first-order chi connectivity index (χ1) is 15.5. The number of carbonyl (C=O) groups excluding carboxylic acids is 3. The SMILES string of the molecule is Cn1ncc(-c2ccc3c(c2)CN([C@H]2CCC(=O)NC2=O)C3=O)c1-c1ccnn1C1CC1. The third-order valence-corrected chi connectivity index (χ3v) is 6.58. The zero-order valence-corrected chi connectivity index (χ0v) is 17.6. The number of hydrogen-bond donors (Lipinski definition) is 1. The molecule has 2 fully saturated rings. The molecule has 32 heavy (non-hydrogen) atoms. The van der Waals surface area contributed by atoms with Crippen LogP contribution in [0.1, 0.15) is 47.6 Å². The van der Waals surface area contributed by atoms with Crippen molar-refractivity contribution in [3.05, 3.63) is 47.8 Å². The summed E-state index contributed by atoms with van der Waals surface area (Å²) in [6, 6.07) is 7.62. The van der Waals surface area contributed by atoms with Gasteiger partial charge in [-0.1, -0.05) is 6.07 Å². The summed E-state index contributed by atoms with van der Waals surface area (Å²) in [6.45, 7) is 0.351. The molecule has 0 radical (unpaired) electrons. The highest BCUT2D eigenvalue weighted by atomic mass is 16.2. The van der Waals surface area contributed by atoms with Crippen LogP contribution in [0.2, 0.25) is 0 Å². The number of nitrogens with zero attached hydrogens (tertiary/aromatic N) is 5. The molecule has 0 spiro atoms. The molecule has 3 aromatic rings. The second-order valence-corrected chi connectivity index (χ2v) is 8.69. The van der Waals surface area contributed by atoms with Gasteiger partial charge >= 0.3 is 0 Å². The third kappa shape index (κ3) is 2.88. The van der Waals surface area contributed by atoms with Crippen molar-refractivity contribution in [2.24, 2.45) is 7.05 Å². The minimum atomic E-state index is -0.613. The van der Waals surface area contributed by atoms with Gasteiger partial charge in [0, 0.05) is 37.3 Å². The summed E-state index contributed by atoms with van der Waals surface area (Å²) in [5.41, 5.74) is 5.44. The number of hydrogen-bond acceptors (Lipinski definition) is 5. The average molecular weight is 430 g/mol. The number of rotatable bonds is 4. The Labute approximate surface area is 184 Å². The first-order valence-electron chi connectivity index (χ1n) is 10.8. The van der Waals surface area contributed by atoms with Crippen LogP contribution in [0.5, 0.6) is 0 Å². The van der Waals surface area contributed by atoms with Crippen LogP contribution >= 0.6 is 0 Å². The van der Waals surface area contributed by atoms with Crippen molar-refractivity contribution in [2.45, 2.75) is 44.3 Å². The van der Waals surface area contributed by atoms with Crippen LogP contribution in [0.25, 0.3) is 22.5 Å². The van der Waals surface area contributed by atoms with Gasteiger partial charge in [0.15, 0.2) is 0 Å². The van der Waals surface area contributed by atoms with E-state index in [1.165, 1.54) is 0 Å². The minimum Gasteiger partial charge on any atom is -0.322 e. The summed E-state index contributed by atoms with van der Waals surface area (Å²) >= 11 is 0. The molecule has 6 rings (SSSR count). The van der Waals surface area contributed by atoms with E-state index in [0.717, 1.165) is 40.9 Å². The Balaban J connectivity index is 1.35. The van der Waals surface area contributed by atoms with Crippen LogP contribution in [0, 0.1) is 0 Å². The highest BCUT2D eigenvalue weighted by Crippen LogP contribution is 2.40. The van der Waals surface area contributed by atoms with Crippen LogP contribution < -0.4 is 5.32 Å². The minimum absolute atomic E-state index is 0.167. The lowest BCUT2D eigenvalue weighted by Gasteiger charge is -2.29. The Hall–Kier alpha value is -3.75. The van der Waals surface area contributed by atoms with Gasteiger partial charge in [0.2, 0.25) is 11.8 Å². The number of benzene rings is 1. The lowest BCUT2D eigenvalue weighted by Crippen LogP contribution is -2.52. The number of aryl methyl sites for hydroxylation is 1. The zero-order chi connectivity index (χ0) is 22.0. The number of fused-ring (bicyclic) bond motifs is 1. The first kappa shape index (κ1) is 19.0. The number of amides is 3. The van der Waals surface area contributed by atoms with Crippen LogP contribution in [0.15, 0.2) is 36.7 Å². The molecule has 9 heteroatoms. The standard InChI is InChI=1S/C23H22N6O3/c1-27-21(18-8-9-24-29(18)15-3-4-15)17(11-25-27)13-2-5-16-14(10-13)12-28(23(16)32)19-6-7-20(30)26-22(19)31/h2,5,8-11,15,19H,3-4,6-7,12H2,1H3,(H,26,30,31)/t19-/m0/s1. The van der Waals surface area contributed by atoms with E-state index in [1.54, 1.807) is 4.90 Å². The predicted molar refractivity (Wildman–Crippen MR) is 114 cm³/mol. The maximum Gasteiger partial charge on any atom is 0.255 e. The molecule has 1 aliphatic carbocycles. The molecule has 1 aromatic carbocycles. The molecule has 3 aliphatic rings. The lowest BCUT2D eigenvalue weighted by atomic mass is 10.00. The highest BCUT2D eigenvalue weighted by molar-refractivity contribution is 6.05. The molecule has 0 unspecified atom stereocenters. The number of piperidine rings is 1. The van der Waals surface area contributed by atoms with Crippen LogP contribution in [-0.4, -0.2) is 48.2 Å². The fourth-order valence-electron chi connectivity index (χ4n) is 4.81.